The van der Waals surface area contributed by atoms with Crippen molar-refractivity contribution in [3.63, 3.8) is 0 Å². The van der Waals surface area contributed by atoms with Crippen molar-refractivity contribution in [1.29, 1.82) is 0 Å². The van der Waals surface area contributed by atoms with Crippen molar-refractivity contribution < 1.29 is 4.42 Å². The standard InChI is InChI=1S/C21H27NO/c1-14-22-20(13-23-14)21(2,3)18-6-4-5-17(12-18)19-11-15-7-9-16(19)10-8-15/h4-6,12-13,15-16,19H,7-11H2,1-3H3. The van der Waals surface area contributed by atoms with Gasteiger partial charge in [-0.1, -0.05) is 51.0 Å². The number of aryl methyl sites for hydroxylation is 1. The number of aromatic nitrogens is 1. The quantitative estimate of drug-likeness (QED) is 0.737. The first-order chi connectivity index (χ1) is 11.0. The summed E-state index contributed by atoms with van der Waals surface area (Å²) in [7, 11) is 0. The number of benzene rings is 1. The van der Waals surface area contributed by atoms with Gasteiger partial charge >= 0.3 is 0 Å². The Hall–Kier alpha value is -1.57. The Balaban J connectivity index is 1.66. The Morgan fingerprint density at radius 1 is 1.13 bits per heavy atom. The third-order valence-electron chi connectivity index (χ3n) is 6.34. The number of hydrogen-bond donors (Lipinski definition) is 0. The number of hydrogen-bond acceptors (Lipinski definition) is 2. The molecule has 5 rings (SSSR count). The van der Waals surface area contributed by atoms with Crippen LogP contribution in [0.2, 0.25) is 0 Å². The van der Waals surface area contributed by atoms with E-state index in [1.807, 2.05) is 13.2 Å². The minimum absolute atomic E-state index is 0.110. The van der Waals surface area contributed by atoms with E-state index >= 15 is 0 Å². The van der Waals surface area contributed by atoms with E-state index in [1.54, 1.807) is 5.56 Å². The number of oxazole rings is 1. The van der Waals surface area contributed by atoms with E-state index in [0.717, 1.165) is 29.3 Å². The summed E-state index contributed by atoms with van der Waals surface area (Å²) in [5, 5.41) is 0. The lowest BCUT2D eigenvalue weighted by atomic mass is 9.62. The van der Waals surface area contributed by atoms with Crippen LogP contribution in [0.25, 0.3) is 0 Å². The molecule has 2 nitrogen and oxygen atoms in total. The maximum absolute atomic E-state index is 5.45. The smallest absolute Gasteiger partial charge is 0.191 e. The van der Waals surface area contributed by atoms with Crippen molar-refractivity contribution in [3.8, 4) is 0 Å². The van der Waals surface area contributed by atoms with Crippen LogP contribution in [-0.4, -0.2) is 4.98 Å². The largest absolute Gasteiger partial charge is 0.449 e. The second-order valence-electron chi connectivity index (χ2n) is 8.13. The molecule has 0 N–H and O–H groups in total. The monoisotopic (exact) mass is 309 g/mol. The average Bonchev–Trinajstić information content (AvgIpc) is 3.03. The van der Waals surface area contributed by atoms with Crippen LogP contribution in [0.1, 0.15) is 74.6 Å². The highest BCUT2D eigenvalue weighted by molar-refractivity contribution is 5.37. The zero-order valence-electron chi connectivity index (χ0n) is 14.5. The molecule has 2 heteroatoms. The predicted molar refractivity (Wildman–Crippen MR) is 92.6 cm³/mol. The fourth-order valence-electron chi connectivity index (χ4n) is 4.74. The van der Waals surface area contributed by atoms with Gasteiger partial charge in [-0.05, 0) is 48.1 Å². The summed E-state index contributed by atoms with van der Waals surface area (Å²) in [5.74, 6) is 3.40. The molecule has 1 aromatic carbocycles. The molecule has 1 atom stereocenters. The highest BCUT2D eigenvalue weighted by Crippen LogP contribution is 2.50. The maximum atomic E-state index is 5.45. The molecule has 0 amide bonds. The van der Waals surface area contributed by atoms with Crippen LogP contribution in [0, 0.1) is 18.8 Å². The van der Waals surface area contributed by atoms with E-state index in [9.17, 15) is 0 Å². The molecule has 3 aliphatic carbocycles. The summed E-state index contributed by atoms with van der Waals surface area (Å²) < 4.78 is 5.45. The molecule has 3 fully saturated rings. The highest BCUT2D eigenvalue weighted by atomic mass is 16.3. The highest BCUT2D eigenvalue weighted by Gasteiger charge is 2.37. The molecule has 1 aromatic heterocycles. The van der Waals surface area contributed by atoms with Gasteiger partial charge in [-0.2, -0.15) is 0 Å². The third kappa shape index (κ3) is 2.62. The second kappa shape index (κ2) is 5.51. The summed E-state index contributed by atoms with van der Waals surface area (Å²) in [6, 6.07) is 9.27. The molecule has 0 aliphatic heterocycles. The van der Waals surface area contributed by atoms with E-state index in [4.69, 9.17) is 4.42 Å². The van der Waals surface area contributed by atoms with Gasteiger partial charge in [-0.3, -0.25) is 0 Å². The van der Waals surface area contributed by atoms with Crippen LogP contribution in [0.15, 0.2) is 34.9 Å². The van der Waals surface area contributed by atoms with Crippen molar-refractivity contribution in [2.75, 3.05) is 0 Å². The SMILES string of the molecule is Cc1nc(C(C)(C)c2cccc(C3CC4CCC3CC4)c2)co1. The van der Waals surface area contributed by atoms with Crippen LogP contribution in [0.4, 0.5) is 0 Å². The van der Waals surface area contributed by atoms with Gasteiger partial charge in [0, 0.05) is 12.3 Å². The molecule has 2 bridgehead atoms. The average molecular weight is 309 g/mol. The molecular weight excluding hydrogens is 282 g/mol. The van der Waals surface area contributed by atoms with Gasteiger partial charge in [0.1, 0.15) is 6.26 Å². The first-order valence-corrected chi connectivity index (χ1v) is 9.07. The number of rotatable bonds is 3. The lowest BCUT2D eigenvalue weighted by Gasteiger charge is -2.43. The molecule has 23 heavy (non-hydrogen) atoms. The molecule has 1 heterocycles. The van der Waals surface area contributed by atoms with Crippen molar-refractivity contribution in [3.05, 3.63) is 53.2 Å². The van der Waals surface area contributed by atoms with Crippen LogP contribution >= 0.6 is 0 Å². The third-order valence-corrected chi connectivity index (χ3v) is 6.34. The number of nitrogens with zero attached hydrogens (tertiary/aromatic N) is 1. The van der Waals surface area contributed by atoms with Crippen molar-refractivity contribution >= 4 is 0 Å². The lowest BCUT2D eigenvalue weighted by molar-refractivity contribution is 0.145. The molecule has 2 aromatic rings. The van der Waals surface area contributed by atoms with Crippen LogP contribution in [-0.2, 0) is 5.41 Å². The molecular formula is C21H27NO. The van der Waals surface area contributed by atoms with E-state index in [2.05, 4.69) is 43.1 Å². The van der Waals surface area contributed by atoms with Crippen molar-refractivity contribution in [1.82, 2.24) is 4.98 Å². The first-order valence-electron chi connectivity index (χ1n) is 9.07. The molecule has 3 aliphatic rings. The van der Waals surface area contributed by atoms with Gasteiger partial charge in [0.05, 0.1) is 5.69 Å². The first kappa shape index (κ1) is 15.0. The zero-order chi connectivity index (χ0) is 16.0. The second-order valence-corrected chi connectivity index (χ2v) is 8.13. The summed E-state index contributed by atoms with van der Waals surface area (Å²) in [5.41, 5.74) is 3.81. The number of fused-ring (bicyclic) bond motifs is 3. The predicted octanol–water partition coefficient (Wildman–Crippen LogP) is 5.60. The Bertz CT molecular complexity index is 691. The van der Waals surface area contributed by atoms with Crippen LogP contribution in [0.5, 0.6) is 0 Å². The van der Waals surface area contributed by atoms with Gasteiger partial charge in [0.25, 0.3) is 0 Å². The Morgan fingerprint density at radius 2 is 1.91 bits per heavy atom. The van der Waals surface area contributed by atoms with E-state index < -0.39 is 0 Å². The molecule has 3 saturated carbocycles. The van der Waals surface area contributed by atoms with Crippen molar-refractivity contribution in [2.24, 2.45) is 11.8 Å². The molecule has 0 spiro atoms. The molecule has 0 saturated heterocycles. The summed E-state index contributed by atoms with van der Waals surface area (Å²) in [6.45, 7) is 6.40. The lowest BCUT2D eigenvalue weighted by Crippen LogP contribution is -2.30. The summed E-state index contributed by atoms with van der Waals surface area (Å²) >= 11 is 0. The summed E-state index contributed by atoms with van der Waals surface area (Å²) in [4.78, 5) is 4.57. The molecule has 1 unspecified atom stereocenters. The summed E-state index contributed by atoms with van der Waals surface area (Å²) in [6.07, 6.45) is 9.01. The van der Waals surface area contributed by atoms with Gasteiger partial charge in [0.2, 0.25) is 0 Å². The van der Waals surface area contributed by atoms with Gasteiger partial charge in [-0.25, -0.2) is 4.98 Å². The minimum Gasteiger partial charge on any atom is -0.449 e. The van der Waals surface area contributed by atoms with E-state index in [0.29, 0.717) is 0 Å². The topological polar surface area (TPSA) is 26.0 Å². The Labute approximate surface area is 139 Å². The minimum atomic E-state index is -0.110. The Kier molecular flexibility index (Phi) is 3.59. The fraction of sp³-hybridized carbons (Fsp3) is 0.571. The van der Waals surface area contributed by atoms with Crippen molar-refractivity contribution in [2.45, 2.75) is 64.2 Å². The Morgan fingerprint density at radius 3 is 2.52 bits per heavy atom. The van der Waals surface area contributed by atoms with E-state index in [1.165, 1.54) is 37.7 Å². The maximum Gasteiger partial charge on any atom is 0.191 e. The molecule has 122 valence electrons. The van der Waals surface area contributed by atoms with E-state index in [-0.39, 0.29) is 5.41 Å². The zero-order valence-corrected chi connectivity index (χ0v) is 14.5. The van der Waals surface area contributed by atoms with Crippen LogP contribution in [0.3, 0.4) is 0 Å². The van der Waals surface area contributed by atoms with Crippen LogP contribution < -0.4 is 0 Å². The molecule has 0 radical (unpaired) electrons. The van der Waals surface area contributed by atoms with Gasteiger partial charge in [0.15, 0.2) is 5.89 Å². The van der Waals surface area contributed by atoms with Gasteiger partial charge < -0.3 is 4.42 Å². The van der Waals surface area contributed by atoms with Gasteiger partial charge in [-0.15, -0.1) is 0 Å². The normalized spacial score (nSPS) is 27.3. The fourth-order valence-corrected chi connectivity index (χ4v) is 4.74.